The van der Waals surface area contributed by atoms with E-state index in [0.29, 0.717) is 5.69 Å². The third-order valence-electron chi connectivity index (χ3n) is 4.94. The van der Waals surface area contributed by atoms with E-state index in [1.807, 2.05) is 32.2 Å². The first-order chi connectivity index (χ1) is 13.5. The van der Waals surface area contributed by atoms with Gasteiger partial charge in [-0.2, -0.15) is 5.10 Å². The highest BCUT2D eigenvalue weighted by molar-refractivity contribution is 7.19. The van der Waals surface area contributed by atoms with Crippen LogP contribution in [0.5, 0.6) is 0 Å². The molecule has 1 amide bonds. The number of aryl methyl sites for hydroxylation is 2. The SMILES string of the molecule is CCCN1c2cnn(C)c2C(=O)NC1N(C)c1sc(-c2ccccc2)nc1C. The number of benzene rings is 1. The average molecular weight is 397 g/mol. The van der Waals surface area contributed by atoms with Crippen LogP contribution in [0.1, 0.15) is 29.5 Å². The number of hydrogen-bond donors (Lipinski definition) is 1. The summed E-state index contributed by atoms with van der Waals surface area (Å²) in [6.07, 6.45) is 2.46. The van der Waals surface area contributed by atoms with Gasteiger partial charge >= 0.3 is 0 Å². The molecule has 1 aliphatic rings. The van der Waals surface area contributed by atoms with Crippen LogP contribution in [0, 0.1) is 6.92 Å². The van der Waals surface area contributed by atoms with Gasteiger partial charge in [-0.05, 0) is 13.3 Å². The molecular weight excluding hydrogens is 372 g/mol. The van der Waals surface area contributed by atoms with Gasteiger partial charge in [-0.3, -0.25) is 9.48 Å². The molecule has 146 valence electrons. The molecule has 1 atom stereocenters. The van der Waals surface area contributed by atoms with E-state index in [1.165, 1.54) is 0 Å². The van der Waals surface area contributed by atoms with Crippen LogP contribution >= 0.6 is 11.3 Å². The predicted octanol–water partition coefficient (Wildman–Crippen LogP) is 3.23. The van der Waals surface area contributed by atoms with E-state index in [-0.39, 0.29) is 12.2 Å². The highest BCUT2D eigenvalue weighted by atomic mass is 32.1. The molecule has 0 saturated carbocycles. The van der Waals surface area contributed by atoms with Crippen LogP contribution in [0.3, 0.4) is 0 Å². The topological polar surface area (TPSA) is 66.3 Å². The van der Waals surface area contributed by atoms with Crippen LogP contribution < -0.4 is 15.1 Å². The lowest BCUT2D eigenvalue weighted by Crippen LogP contribution is -2.61. The highest BCUT2D eigenvalue weighted by Gasteiger charge is 2.36. The maximum absolute atomic E-state index is 12.7. The molecule has 0 spiro atoms. The maximum atomic E-state index is 12.7. The number of aromatic nitrogens is 3. The molecule has 1 aliphatic heterocycles. The summed E-state index contributed by atoms with van der Waals surface area (Å²) in [5.74, 6) is -0.107. The van der Waals surface area contributed by atoms with Crippen LogP contribution in [0.4, 0.5) is 10.7 Å². The second-order valence-corrected chi connectivity index (χ2v) is 7.91. The van der Waals surface area contributed by atoms with Gasteiger partial charge in [-0.15, -0.1) is 0 Å². The third-order valence-corrected chi connectivity index (χ3v) is 6.24. The molecule has 3 heterocycles. The molecule has 0 bridgehead atoms. The summed E-state index contributed by atoms with van der Waals surface area (Å²) in [4.78, 5) is 21.8. The number of rotatable bonds is 5. The first-order valence-electron chi connectivity index (χ1n) is 9.36. The van der Waals surface area contributed by atoms with E-state index < -0.39 is 0 Å². The molecule has 7 nitrogen and oxygen atoms in total. The fraction of sp³-hybridized carbons (Fsp3) is 0.350. The summed E-state index contributed by atoms with van der Waals surface area (Å²) in [5.41, 5.74) is 3.52. The zero-order valence-electron chi connectivity index (χ0n) is 16.5. The zero-order chi connectivity index (χ0) is 19.8. The van der Waals surface area contributed by atoms with Gasteiger partial charge < -0.3 is 15.1 Å². The Morgan fingerprint density at radius 3 is 2.75 bits per heavy atom. The van der Waals surface area contributed by atoms with Gasteiger partial charge in [0.1, 0.15) is 15.7 Å². The Balaban J connectivity index is 1.70. The number of anilines is 2. The smallest absolute Gasteiger partial charge is 0.274 e. The molecule has 2 aromatic heterocycles. The van der Waals surface area contributed by atoms with E-state index in [4.69, 9.17) is 4.98 Å². The Morgan fingerprint density at radius 2 is 2.04 bits per heavy atom. The van der Waals surface area contributed by atoms with Gasteiger partial charge in [0, 0.05) is 26.2 Å². The van der Waals surface area contributed by atoms with Crippen LogP contribution in [0.2, 0.25) is 0 Å². The molecule has 3 aromatic rings. The van der Waals surface area contributed by atoms with Gasteiger partial charge in [-0.1, -0.05) is 48.6 Å². The number of nitrogens with zero attached hydrogens (tertiary/aromatic N) is 5. The Morgan fingerprint density at radius 1 is 1.29 bits per heavy atom. The summed E-state index contributed by atoms with van der Waals surface area (Å²) in [5, 5.41) is 9.45. The second-order valence-electron chi connectivity index (χ2n) is 6.93. The molecule has 0 saturated heterocycles. The van der Waals surface area contributed by atoms with Crippen LogP contribution in [0.25, 0.3) is 10.6 Å². The van der Waals surface area contributed by atoms with E-state index in [2.05, 4.69) is 39.3 Å². The molecule has 28 heavy (non-hydrogen) atoms. The van der Waals surface area contributed by atoms with E-state index in [1.54, 1.807) is 29.3 Å². The van der Waals surface area contributed by atoms with E-state index >= 15 is 0 Å². The summed E-state index contributed by atoms with van der Waals surface area (Å²) >= 11 is 1.64. The number of thiazole rings is 1. The fourth-order valence-electron chi connectivity index (χ4n) is 3.62. The molecule has 1 N–H and O–H groups in total. The predicted molar refractivity (Wildman–Crippen MR) is 113 cm³/mol. The number of amides is 1. The minimum atomic E-state index is -0.285. The van der Waals surface area contributed by atoms with Crippen LogP contribution in [-0.4, -0.2) is 40.6 Å². The highest BCUT2D eigenvalue weighted by Crippen LogP contribution is 2.36. The fourth-order valence-corrected chi connectivity index (χ4v) is 4.67. The number of hydrogen-bond acceptors (Lipinski definition) is 6. The van der Waals surface area contributed by atoms with Crippen molar-refractivity contribution in [1.82, 2.24) is 20.1 Å². The number of carbonyl (C=O) groups excluding carboxylic acids is 1. The quantitative estimate of drug-likeness (QED) is 0.717. The van der Waals surface area contributed by atoms with Crippen molar-refractivity contribution in [2.45, 2.75) is 26.6 Å². The molecule has 1 unspecified atom stereocenters. The zero-order valence-corrected chi connectivity index (χ0v) is 17.3. The first-order valence-corrected chi connectivity index (χ1v) is 10.2. The van der Waals surface area contributed by atoms with Crippen molar-refractivity contribution in [3.05, 3.63) is 47.9 Å². The van der Waals surface area contributed by atoms with Gasteiger partial charge in [0.2, 0.25) is 0 Å². The monoisotopic (exact) mass is 396 g/mol. The van der Waals surface area contributed by atoms with Crippen molar-refractivity contribution in [1.29, 1.82) is 0 Å². The minimum absolute atomic E-state index is 0.107. The van der Waals surface area contributed by atoms with Gasteiger partial charge in [-0.25, -0.2) is 4.98 Å². The van der Waals surface area contributed by atoms with Crippen molar-refractivity contribution in [3.8, 4) is 10.6 Å². The van der Waals surface area contributed by atoms with E-state index in [9.17, 15) is 4.79 Å². The lowest BCUT2D eigenvalue weighted by molar-refractivity contribution is 0.0917. The van der Waals surface area contributed by atoms with Crippen molar-refractivity contribution in [3.63, 3.8) is 0 Å². The molecular formula is C20H24N6OS. The Labute approximate surface area is 168 Å². The van der Waals surface area contributed by atoms with Gasteiger partial charge in [0.25, 0.3) is 5.91 Å². The molecule has 1 aromatic carbocycles. The Hall–Kier alpha value is -2.87. The lowest BCUT2D eigenvalue weighted by atomic mass is 10.2. The average Bonchev–Trinajstić information content (AvgIpc) is 3.28. The summed E-state index contributed by atoms with van der Waals surface area (Å²) < 4.78 is 1.63. The lowest BCUT2D eigenvalue weighted by Gasteiger charge is -2.42. The number of nitrogens with one attached hydrogen (secondary N) is 1. The minimum Gasteiger partial charge on any atom is -0.331 e. The van der Waals surface area contributed by atoms with E-state index in [0.717, 1.165) is 39.9 Å². The summed E-state index contributed by atoms with van der Waals surface area (Å²) in [6, 6.07) is 10.2. The van der Waals surface area contributed by atoms with Crippen LogP contribution in [0.15, 0.2) is 36.5 Å². The summed E-state index contributed by atoms with van der Waals surface area (Å²) in [6.45, 7) is 4.96. The second kappa shape index (κ2) is 7.27. The molecule has 0 radical (unpaired) electrons. The first kappa shape index (κ1) is 18.5. The van der Waals surface area contributed by atoms with Crippen molar-refractivity contribution >= 4 is 27.9 Å². The Kier molecular flexibility index (Phi) is 4.80. The number of fused-ring (bicyclic) bond motifs is 1. The van der Waals surface area contributed by atoms with Gasteiger partial charge in [0.15, 0.2) is 6.29 Å². The molecule has 4 rings (SSSR count). The van der Waals surface area contributed by atoms with Crippen molar-refractivity contribution in [2.24, 2.45) is 7.05 Å². The summed E-state index contributed by atoms with van der Waals surface area (Å²) in [7, 11) is 3.80. The van der Waals surface area contributed by atoms with Gasteiger partial charge in [0.05, 0.1) is 17.6 Å². The molecule has 0 fully saturated rings. The normalized spacial score (nSPS) is 16.1. The molecule has 8 heteroatoms. The third kappa shape index (κ3) is 3.03. The van der Waals surface area contributed by atoms with Crippen LogP contribution in [-0.2, 0) is 7.05 Å². The largest absolute Gasteiger partial charge is 0.331 e. The van der Waals surface area contributed by atoms with Crippen molar-refractivity contribution < 1.29 is 4.79 Å². The number of carbonyl (C=O) groups is 1. The maximum Gasteiger partial charge on any atom is 0.274 e. The standard InChI is InChI=1S/C20H24N6OS/c1-5-11-26-15-12-21-25(4)16(15)17(27)23-20(26)24(3)19-13(2)22-18(28-19)14-9-7-6-8-10-14/h6-10,12,20H,5,11H2,1-4H3,(H,23,27). The Bertz CT molecular complexity index is 996. The molecule has 0 aliphatic carbocycles. The van der Waals surface area contributed by atoms with Crippen molar-refractivity contribution in [2.75, 3.05) is 23.4 Å².